The molecule has 2 rings (SSSR count). The lowest BCUT2D eigenvalue weighted by molar-refractivity contribution is -0.121. The van der Waals surface area contributed by atoms with Gasteiger partial charge in [0.15, 0.2) is 0 Å². The highest BCUT2D eigenvalue weighted by Gasteiger charge is 2.21. The first-order chi connectivity index (χ1) is 11.2. The summed E-state index contributed by atoms with van der Waals surface area (Å²) in [7, 11) is 0. The first-order valence-corrected chi connectivity index (χ1v) is 9.63. The molecule has 24 heavy (non-hydrogen) atoms. The molecule has 1 aromatic rings. The summed E-state index contributed by atoms with van der Waals surface area (Å²) >= 11 is 5.24. The van der Waals surface area contributed by atoms with Gasteiger partial charge >= 0.3 is 6.03 Å². The van der Waals surface area contributed by atoms with E-state index in [9.17, 15) is 9.59 Å². The maximum atomic E-state index is 12.0. The van der Waals surface area contributed by atoms with Crippen molar-refractivity contribution in [2.45, 2.75) is 32.9 Å². The molecule has 1 fully saturated rings. The SMILES string of the molecule is CC(C)(C)NC(=O)NC(=O)CN1CCN(Cc2ccc(Br)s2)CC1. The summed E-state index contributed by atoms with van der Waals surface area (Å²) < 4.78 is 1.15. The summed E-state index contributed by atoms with van der Waals surface area (Å²) in [4.78, 5) is 29.5. The molecule has 2 heterocycles. The molecule has 6 nitrogen and oxygen atoms in total. The van der Waals surface area contributed by atoms with E-state index in [2.05, 4.69) is 48.5 Å². The third kappa shape index (κ3) is 6.88. The molecule has 0 unspecified atom stereocenters. The van der Waals surface area contributed by atoms with Gasteiger partial charge in [0.25, 0.3) is 0 Å². The van der Waals surface area contributed by atoms with E-state index in [-0.39, 0.29) is 18.0 Å². The van der Waals surface area contributed by atoms with E-state index < -0.39 is 6.03 Å². The third-order valence-corrected chi connectivity index (χ3v) is 5.19. The number of hydrogen-bond donors (Lipinski definition) is 2. The molecule has 134 valence electrons. The quantitative estimate of drug-likeness (QED) is 0.789. The minimum atomic E-state index is -0.436. The van der Waals surface area contributed by atoms with Crippen molar-refractivity contribution in [3.8, 4) is 0 Å². The van der Waals surface area contributed by atoms with Crippen molar-refractivity contribution in [2.75, 3.05) is 32.7 Å². The average molecular weight is 417 g/mol. The van der Waals surface area contributed by atoms with Crippen molar-refractivity contribution >= 4 is 39.2 Å². The normalized spacial score (nSPS) is 16.8. The van der Waals surface area contributed by atoms with Crippen LogP contribution in [0.15, 0.2) is 15.9 Å². The summed E-state index contributed by atoms with van der Waals surface area (Å²) in [6.07, 6.45) is 0. The third-order valence-electron chi connectivity index (χ3n) is 3.58. The van der Waals surface area contributed by atoms with Crippen LogP contribution in [-0.2, 0) is 11.3 Å². The van der Waals surface area contributed by atoms with Crippen molar-refractivity contribution in [3.05, 3.63) is 20.8 Å². The highest BCUT2D eigenvalue weighted by Crippen LogP contribution is 2.23. The number of nitrogens with one attached hydrogen (secondary N) is 2. The van der Waals surface area contributed by atoms with E-state index in [4.69, 9.17) is 0 Å². The predicted molar refractivity (Wildman–Crippen MR) is 100 cm³/mol. The molecule has 0 atom stereocenters. The molecule has 0 bridgehead atoms. The number of carbonyl (C=O) groups is 2. The number of halogens is 1. The van der Waals surface area contributed by atoms with Crippen LogP contribution in [0, 0.1) is 0 Å². The van der Waals surface area contributed by atoms with Crippen LogP contribution in [-0.4, -0.2) is 60.0 Å². The number of hydrogen-bond acceptors (Lipinski definition) is 5. The molecule has 1 aliphatic heterocycles. The zero-order valence-corrected chi connectivity index (χ0v) is 16.8. The van der Waals surface area contributed by atoms with Gasteiger partial charge in [-0.15, -0.1) is 11.3 Å². The van der Waals surface area contributed by atoms with Gasteiger partial charge in [0.05, 0.1) is 10.3 Å². The van der Waals surface area contributed by atoms with E-state index in [1.54, 1.807) is 11.3 Å². The lowest BCUT2D eigenvalue weighted by atomic mass is 10.1. The van der Waals surface area contributed by atoms with Crippen LogP contribution >= 0.6 is 27.3 Å². The summed E-state index contributed by atoms with van der Waals surface area (Å²) in [5, 5.41) is 5.11. The van der Waals surface area contributed by atoms with Crippen LogP contribution in [0.3, 0.4) is 0 Å². The minimum absolute atomic E-state index is 0.257. The molecule has 1 saturated heterocycles. The monoisotopic (exact) mass is 416 g/mol. The molecule has 0 aliphatic carbocycles. The van der Waals surface area contributed by atoms with Crippen LogP contribution in [0.1, 0.15) is 25.6 Å². The van der Waals surface area contributed by atoms with Gasteiger partial charge in [-0.25, -0.2) is 4.79 Å². The number of piperazine rings is 1. The van der Waals surface area contributed by atoms with Crippen LogP contribution in [0.2, 0.25) is 0 Å². The van der Waals surface area contributed by atoms with Crippen molar-refractivity contribution < 1.29 is 9.59 Å². The van der Waals surface area contributed by atoms with Crippen LogP contribution in [0.25, 0.3) is 0 Å². The number of carbonyl (C=O) groups excluding carboxylic acids is 2. The average Bonchev–Trinajstić information content (AvgIpc) is 2.84. The van der Waals surface area contributed by atoms with Gasteiger partial charge in [0.2, 0.25) is 5.91 Å². The summed E-state index contributed by atoms with van der Waals surface area (Å²) in [6.45, 7) is 10.4. The molecule has 3 amide bonds. The zero-order chi connectivity index (χ0) is 17.7. The Morgan fingerprint density at radius 1 is 1.17 bits per heavy atom. The Bertz CT molecular complexity index is 577. The second-order valence-electron chi connectivity index (χ2n) is 7.01. The van der Waals surface area contributed by atoms with Gasteiger partial charge in [0.1, 0.15) is 0 Å². The van der Waals surface area contributed by atoms with Gasteiger partial charge in [-0.2, -0.15) is 0 Å². The molecule has 0 aromatic carbocycles. The van der Waals surface area contributed by atoms with E-state index in [0.717, 1.165) is 36.5 Å². The van der Waals surface area contributed by atoms with Gasteiger partial charge in [-0.1, -0.05) is 0 Å². The molecule has 0 spiro atoms. The van der Waals surface area contributed by atoms with Gasteiger partial charge in [0, 0.05) is 43.1 Å². The van der Waals surface area contributed by atoms with Crippen molar-refractivity contribution in [2.24, 2.45) is 0 Å². The Balaban J connectivity index is 1.68. The summed E-state index contributed by atoms with van der Waals surface area (Å²) in [5.74, 6) is -0.257. The predicted octanol–water partition coefficient (Wildman–Crippen LogP) is 2.25. The summed E-state index contributed by atoms with van der Waals surface area (Å²) in [6, 6.07) is 3.78. The second kappa shape index (κ2) is 8.42. The topological polar surface area (TPSA) is 64.7 Å². The Hall–Kier alpha value is -0.960. The van der Waals surface area contributed by atoms with Gasteiger partial charge in [-0.05, 0) is 48.8 Å². The number of imide groups is 1. The highest BCUT2D eigenvalue weighted by atomic mass is 79.9. The molecule has 1 aliphatic rings. The number of rotatable bonds is 4. The lowest BCUT2D eigenvalue weighted by Gasteiger charge is -2.34. The zero-order valence-electron chi connectivity index (χ0n) is 14.4. The maximum absolute atomic E-state index is 12.0. The molecule has 0 saturated carbocycles. The fraction of sp³-hybridized carbons (Fsp3) is 0.625. The van der Waals surface area contributed by atoms with E-state index >= 15 is 0 Å². The Labute approximate surface area is 155 Å². The minimum Gasteiger partial charge on any atom is -0.333 e. The van der Waals surface area contributed by atoms with Crippen LogP contribution in [0.5, 0.6) is 0 Å². The maximum Gasteiger partial charge on any atom is 0.321 e. The Morgan fingerprint density at radius 3 is 2.33 bits per heavy atom. The molecule has 2 N–H and O–H groups in total. The lowest BCUT2D eigenvalue weighted by Crippen LogP contribution is -2.52. The first-order valence-electron chi connectivity index (χ1n) is 8.02. The highest BCUT2D eigenvalue weighted by molar-refractivity contribution is 9.11. The second-order valence-corrected chi connectivity index (χ2v) is 9.56. The number of urea groups is 1. The number of amides is 3. The van der Waals surface area contributed by atoms with Gasteiger partial charge in [-0.3, -0.25) is 19.9 Å². The van der Waals surface area contributed by atoms with E-state index in [1.807, 2.05) is 20.8 Å². The van der Waals surface area contributed by atoms with Crippen LogP contribution < -0.4 is 10.6 Å². The molecule has 0 radical (unpaired) electrons. The van der Waals surface area contributed by atoms with Gasteiger partial charge < -0.3 is 5.32 Å². The summed E-state index contributed by atoms with van der Waals surface area (Å²) in [5.41, 5.74) is -0.354. The number of nitrogens with zero attached hydrogens (tertiary/aromatic N) is 2. The molecular formula is C16H25BrN4O2S. The largest absolute Gasteiger partial charge is 0.333 e. The standard InChI is InChI=1S/C16H25BrN4O2S/c1-16(2,3)19-15(23)18-14(22)11-21-8-6-20(7-9-21)10-12-4-5-13(17)24-12/h4-5H,6-11H2,1-3H3,(H2,18,19,22,23). The Morgan fingerprint density at radius 2 is 1.79 bits per heavy atom. The smallest absolute Gasteiger partial charge is 0.321 e. The van der Waals surface area contributed by atoms with E-state index in [1.165, 1.54) is 4.88 Å². The van der Waals surface area contributed by atoms with Crippen molar-refractivity contribution in [1.82, 2.24) is 20.4 Å². The van der Waals surface area contributed by atoms with Crippen molar-refractivity contribution in [3.63, 3.8) is 0 Å². The van der Waals surface area contributed by atoms with E-state index in [0.29, 0.717) is 0 Å². The fourth-order valence-corrected chi connectivity index (χ4v) is 4.03. The first kappa shape index (κ1) is 19.4. The van der Waals surface area contributed by atoms with Crippen LogP contribution in [0.4, 0.5) is 4.79 Å². The molecule has 1 aromatic heterocycles. The van der Waals surface area contributed by atoms with Crippen molar-refractivity contribution in [1.29, 1.82) is 0 Å². The molecular weight excluding hydrogens is 392 g/mol. The number of thiophene rings is 1. The fourth-order valence-electron chi connectivity index (χ4n) is 2.50. The molecule has 8 heteroatoms. The Kier molecular flexibility index (Phi) is 6.79.